The Morgan fingerprint density at radius 1 is 1.50 bits per heavy atom. The molecule has 0 aliphatic rings. The van der Waals surface area contributed by atoms with Crippen LogP contribution in [0.15, 0.2) is 0 Å². The van der Waals surface area contributed by atoms with Gasteiger partial charge in [0, 0.05) is 0 Å². The smallest absolute Gasteiger partial charge is 0.314 e. The number of methoxy groups -OCH3 is 1. The molecular weight excluding hydrogens is 156 g/mol. The van der Waals surface area contributed by atoms with Crippen molar-refractivity contribution >= 4 is 5.97 Å². The van der Waals surface area contributed by atoms with Gasteiger partial charge in [-0.3, -0.25) is 4.79 Å². The van der Waals surface area contributed by atoms with Crippen molar-refractivity contribution in [3.05, 3.63) is 0 Å². The van der Waals surface area contributed by atoms with E-state index in [0.29, 0.717) is 12.8 Å². The van der Waals surface area contributed by atoms with E-state index in [1.54, 1.807) is 0 Å². The molecule has 0 unspecified atom stereocenters. The average Bonchev–Trinajstić information content (AvgIpc) is 2.13. The molecule has 0 spiro atoms. The molecule has 0 aromatic heterocycles. The highest BCUT2D eigenvalue weighted by atomic mass is 16.5. The van der Waals surface area contributed by atoms with Gasteiger partial charge in [0.1, 0.15) is 0 Å². The van der Waals surface area contributed by atoms with Crippen LogP contribution in [0.25, 0.3) is 0 Å². The number of carbonyl (C=O) groups is 1. The molecule has 0 aromatic rings. The van der Waals surface area contributed by atoms with Gasteiger partial charge in [-0.15, -0.1) is 0 Å². The summed E-state index contributed by atoms with van der Waals surface area (Å²) < 4.78 is 4.65. The predicted molar refractivity (Wildman–Crippen MR) is 46.7 cm³/mol. The molecule has 0 saturated heterocycles. The second-order valence-corrected chi connectivity index (χ2v) is 3.03. The summed E-state index contributed by atoms with van der Waals surface area (Å²) in [6.45, 7) is 3.76. The Hall–Kier alpha value is -0.570. The van der Waals surface area contributed by atoms with Crippen LogP contribution in [0.2, 0.25) is 0 Å². The average molecular weight is 174 g/mol. The fraction of sp³-hybridized carbons (Fsp3) is 0.889. The summed E-state index contributed by atoms with van der Waals surface area (Å²) in [6.07, 6.45) is 2.19. The highest BCUT2D eigenvalue weighted by molar-refractivity contribution is 5.76. The van der Waals surface area contributed by atoms with Crippen LogP contribution in [0.4, 0.5) is 0 Å². The molecule has 3 nitrogen and oxygen atoms in total. The van der Waals surface area contributed by atoms with Crippen molar-refractivity contribution in [3.8, 4) is 0 Å². The van der Waals surface area contributed by atoms with Gasteiger partial charge in [0.05, 0.1) is 19.1 Å². The van der Waals surface area contributed by atoms with Gasteiger partial charge in [0.2, 0.25) is 0 Å². The number of hydrogen-bond acceptors (Lipinski definition) is 3. The highest BCUT2D eigenvalue weighted by Gasteiger charge is 2.36. The maximum atomic E-state index is 11.3. The summed E-state index contributed by atoms with van der Waals surface area (Å²) in [4.78, 5) is 11.3. The summed E-state index contributed by atoms with van der Waals surface area (Å²) >= 11 is 0. The minimum absolute atomic E-state index is 0.121. The zero-order chi connectivity index (χ0) is 9.61. The number of aliphatic hydroxyl groups excluding tert-OH is 1. The summed E-state index contributed by atoms with van der Waals surface area (Å²) in [6, 6.07) is 0. The fourth-order valence-corrected chi connectivity index (χ4v) is 1.37. The number of hydrogen-bond donors (Lipinski definition) is 1. The van der Waals surface area contributed by atoms with Crippen LogP contribution < -0.4 is 0 Å². The first-order valence-corrected chi connectivity index (χ1v) is 4.36. The molecule has 1 atom stereocenters. The van der Waals surface area contributed by atoms with E-state index in [4.69, 9.17) is 5.11 Å². The molecule has 0 aliphatic heterocycles. The van der Waals surface area contributed by atoms with Crippen LogP contribution in [-0.2, 0) is 9.53 Å². The van der Waals surface area contributed by atoms with Gasteiger partial charge in [-0.2, -0.15) is 0 Å². The minimum atomic E-state index is -0.663. The summed E-state index contributed by atoms with van der Waals surface area (Å²) in [7, 11) is 1.36. The number of ether oxygens (including phenoxy) is 1. The Morgan fingerprint density at radius 2 is 2.08 bits per heavy atom. The topological polar surface area (TPSA) is 46.5 Å². The summed E-state index contributed by atoms with van der Waals surface area (Å²) in [5, 5.41) is 9.11. The van der Waals surface area contributed by atoms with E-state index in [2.05, 4.69) is 4.74 Å². The Balaban J connectivity index is 4.44. The molecule has 0 aromatic carbocycles. The van der Waals surface area contributed by atoms with Crippen LogP contribution in [0.3, 0.4) is 0 Å². The molecule has 0 amide bonds. The second kappa shape index (κ2) is 5.14. The van der Waals surface area contributed by atoms with Crippen molar-refractivity contribution < 1.29 is 14.6 Å². The van der Waals surface area contributed by atoms with Crippen LogP contribution in [0, 0.1) is 5.41 Å². The highest BCUT2D eigenvalue weighted by Crippen LogP contribution is 2.28. The molecule has 1 N–H and O–H groups in total. The summed E-state index contributed by atoms with van der Waals surface area (Å²) in [5.41, 5.74) is -0.663. The number of carbonyl (C=O) groups excluding carboxylic acids is 1. The van der Waals surface area contributed by atoms with Crippen molar-refractivity contribution in [1.82, 2.24) is 0 Å². The third-order valence-electron chi connectivity index (χ3n) is 2.33. The van der Waals surface area contributed by atoms with E-state index >= 15 is 0 Å². The van der Waals surface area contributed by atoms with Crippen LogP contribution >= 0.6 is 0 Å². The Kier molecular flexibility index (Phi) is 4.90. The van der Waals surface area contributed by atoms with Gasteiger partial charge in [0.15, 0.2) is 0 Å². The fourth-order valence-electron chi connectivity index (χ4n) is 1.37. The third-order valence-corrected chi connectivity index (χ3v) is 2.33. The first kappa shape index (κ1) is 11.4. The van der Waals surface area contributed by atoms with Crippen molar-refractivity contribution in [1.29, 1.82) is 0 Å². The van der Waals surface area contributed by atoms with Crippen molar-refractivity contribution in [2.75, 3.05) is 13.7 Å². The monoisotopic (exact) mass is 174 g/mol. The predicted octanol–water partition coefficient (Wildman–Crippen LogP) is 1.35. The molecule has 0 bridgehead atoms. The van der Waals surface area contributed by atoms with Crippen molar-refractivity contribution in [3.63, 3.8) is 0 Å². The Labute approximate surface area is 73.7 Å². The maximum absolute atomic E-state index is 11.3. The first-order valence-electron chi connectivity index (χ1n) is 4.36. The molecule has 72 valence electrons. The molecule has 0 saturated carbocycles. The Bertz CT molecular complexity index is 139. The molecule has 0 radical (unpaired) electrons. The third kappa shape index (κ3) is 2.21. The lowest BCUT2D eigenvalue weighted by molar-refractivity contribution is -0.156. The molecule has 12 heavy (non-hydrogen) atoms. The standard InChI is InChI=1S/C9H18O3/c1-4-6-9(5-2,7-10)8(11)12-3/h10H,4-7H2,1-3H3/t9-/m1/s1. The second-order valence-electron chi connectivity index (χ2n) is 3.03. The molecular formula is C9H18O3. The van der Waals surface area contributed by atoms with E-state index < -0.39 is 5.41 Å². The van der Waals surface area contributed by atoms with Crippen molar-refractivity contribution in [2.24, 2.45) is 5.41 Å². The van der Waals surface area contributed by atoms with E-state index in [1.165, 1.54) is 7.11 Å². The first-order chi connectivity index (χ1) is 5.66. The molecule has 0 heterocycles. The zero-order valence-electron chi connectivity index (χ0n) is 8.09. The maximum Gasteiger partial charge on any atom is 0.314 e. The van der Waals surface area contributed by atoms with Gasteiger partial charge in [0.25, 0.3) is 0 Å². The molecule has 0 fully saturated rings. The van der Waals surface area contributed by atoms with Crippen LogP contribution in [0.1, 0.15) is 33.1 Å². The lowest BCUT2D eigenvalue weighted by Crippen LogP contribution is -2.35. The van der Waals surface area contributed by atoms with E-state index in [0.717, 1.165) is 6.42 Å². The molecule has 0 rings (SSSR count). The number of aliphatic hydroxyl groups is 1. The van der Waals surface area contributed by atoms with E-state index in [9.17, 15) is 4.79 Å². The molecule has 3 heteroatoms. The normalized spacial score (nSPS) is 15.3. The van der Waals surface area contributed by atoms with Gasteiger partial charge < -0.3 is 9.84 Å². The zero-order valence-corrected chi connectivity index (χ0v) is 8.09. The van der Waals surface area contributed by atoms with Crippen molar-refractivity contribution in [2.45, 2.75) is 33.1 Å². The van der Waals surface area contributed by atoms with Gasteiger partial charge in [-0.25, -0.2) is 0 Å². The number of rotatable bonds is 5. The lowest BCUT2D eigenvalue weighted by atomic mass is 9.82. The van der Waals surface area contributed by atoms with E-state index in [-0.39, 0.29) is 12.6 Å². The summed E-state index contributed by atoms with van der Waals surface area (Å²) in [5.74, 6) is -0.297. The van der Waals surface area contributed by atoms with Gasteiger partial charge in [-0.05, 0) is 12.8 Å². The van der Waals surface area contributed by atoms with Gasteiger partial charge >= 0.3 is 5.97 Å². The number of esters is 1. The quantitative estimate of drug-likeness (QED) is 0.640. The minimum Gasteiger partial charge on any atom is -0.469 e. The molecule has 0 aliphatic carbocycles. The van der Waals surface area contributed by atoms with Gasteiger partial charge in [-0.1, -0.05) is 20.3 Å². The van der Waals surface area contributed by atoms with E-state index in [1.807, 2.05) is 13.8 Å². The Morgan fingerprint density at radius 3 is 2.33 bits per heavy atom. The van der Waals surface area contributed by atoms with Crippen LogP contribution in [-0.4, -0.2) is 24.8 Å². The largest absolute Gasteiger partial charge is 0.469 e. The SMILES string of the molecule is CCC[C@](CC)(CO)C(=O)OC. The van der Waals surface area contributed by atoms with Crippen LogP contribution in [0.5, 0.6) is 0 Å². The lowest BCUT2D eigenvalue weighted by Gasteiger charge is -2.26.